The van der Waals surface area contributed by atoms with Crippen LogP contribution in [0.5, 0.6) is 23.0 Å². The van der Waals surface area contributed by atoms with Gasteiger partial charge in [-0.2, -0.15) is 0 Å². The van der Waals surface area contributed by atoms with Gasteiger partial charge in [0.25, 0.3) is 0 Å². The molecule has 5 heteroatoms. The Morgan fingerprint density at radius 1 is 0.778 bits per heavy atom. The average molecular weight is 366 g/mol. The average Bonchev–Trinajstić information content (AvgIpc) is 2.71. The minimum atomic E-state index is 0.162. The van der Waals surface area contributed by atoms with Crippen LogP contribution in [0.1, 0.15) is 24.1 Å². The highest BCUT2D eigenvalue weighted by molar-refractivity contribution is 5.66. The van der Waals surface area contributed by atoms with Gasteiger partial charge in [-0.25, -0.2) is 0 Å². The Labute approximate surface area is 158 Å². The molecule has 140 valence electrons. The molecular weight excluding hydrogens is 342 g/mol. The fourth-order valence-electron chi connectivity index (χ4n) is 4.01. The van der Waals surface area contributed by atoms with Gasteiger partial charge in [-0.1, -0.05) is 0 Å². The Hall–Kier alpha value is -2.92. The zero-order valence-corrected chi connectivity index (χ0v) is 16.3. The number of fused-ring (bicyclic) bond motifs is 4. The molecule has 2 unspecified atom stereocenters. The van der Waals surface area contributed by atoms with Gasteiger partial charge >= 0.3 is 0 Å². The summed E-state index contributed by atoms with van der Waals surface area (Å²) in [5, 5.41) is 2.32. The fourth-order valence-corrected chi connectivity index (χ4v) is 4.01. The number of rotatable bonds is 4. The quantitative estimate of drug-likeness (QED) is 0.885. The van der Waals surface area contributed by atoms with Gasteiger partial charge in [0.15, 0.2) is 23.0 Å². The minimum absolute atomic E-state index is 0.162. The Morgan fingerprint density at radius 2 is 1.37 bits per heavy atom. The first kappa shape index (κ1) is 17.5. The van der Waals surface area contributed by atoms with E-state index >= 15 is 0 Å². The van der Waals surface area contributed by atoms with E-state index in [0.29, 0.717) is 0 Å². The molecule has 0 amide bonds. The van der Waals surface area contributed by atoms with Crippen molar-refractivity contribution in [3.63, 3.8) is 0 Å². The topological polar surface area (TPSA) is 41.4 Å². The summed E-state index contributed by atoms with van der Waals surface area (Å²) in [5.41, 5.74) is 3.61. The third kappa shape index (κ3) is 2.66. The lowest BCUT2D eigenvalue weighted by atomic mass is 9.91. The van der Waals surface area contributed by atoms with Gasteiger partial charge in [0.2, 0.25) is 0 Å². The maximum Gasteiger partial charge on any atom is 0.161 e. The normalized spacial score (nSPS) is 19.4. The van der Waals surface area contributed by atoms with Crippen molar-refractivity contribution in [2.75, 3.05) is 28.4 Å². The van der Waals surface area contributed by atoms with Crippen LogP contribution in [0, 0.1) is 0 Å². The lowest BCUT2D eigenvalue weighted by Crippen LogP contribution is -3.06. The molecule has 0 saturated carbocycles. The van der Waals surface area contributed by atoms with Crippen LogP contribution >= 0.6 is 0 Å². The molecule has 2 atom stereocenters. The van der Waals surface area contributed by atoms with Crippen LogP contribution in [0.4, 0.5) is 0 Å². The summed E-state index contributed by atoms with van der Waals surface area (Å²) in [6.07, 6.45) is 6.63. The molecule has 4 rings (SSSR count). The highest BCUT2D eigenvalue weighted by Gasteiger charge is 2.32. The molecule has 2 aromatic rings. The molecule has 2 aromatic carbocycles. The summed E-state index contributed by atoms with van der Waals surface area (Å²) in [6.45, 7) is 2.16. The van der Waals surface area contributed by atoms with E-state index in [0.717, 1.165) is 33.8 Å². The third-order valence-corrected chi connectivity index (χ3v) is 5.44. The number of hydrogen-bond donors (Lipinski definition) is 1. The second-order valence-corrected chi connectivity index (χ2v) is 6.69. The van der Waals surface area contributed by atoms with Gasteiger partial charge < -0.3 is 18.9 Å². The molecule has 0 fully saturated rings. The largest absolute Gasteiger partial charge is 0.493 e. The van der Waals surface area contributed by atoms with Crippen molar-refractivity contribution >= 4 is 17.8 Å². The Kier molecular flexibility index (Phi) is 4.32. The van der Waals surface area contributed by atoms with Crippen molar-refractivity contribution in [2.24, 2.45) is 0 Å². The zero-order valence-electron chi connectivity index (χ0n) is 16.3. The van der Waals surface area contributed by atoms with Crippen molar-refractivity contribution in [1.29, 1.82) is 0 Å². The van der Waals surface area contributed by atoms with E-state index < -0.39 is 0 Å². The van der Waals surface area contributed by atoms with Crippen LogP contribution in [0.2, 0.25) is 0 Å². The van der Waals surface area contributed by atoms with Gasteiger partial charge in [-0.3, -0.25) is 4.90 Å². The molecule has 0 bridgehead atoms. The third-order valence-electron chi connectivity index (χ3n) is 5.44. The number of benzene rings is 2. The predicted octanol–water partition coefficient (Wildman–Crippen LogP) is 1.25. The summed E-state index contributed by atoms with van der Waals surface area (Å²) in [6, 6.07) is 8.39. The van der Waals surface area contributed by atoms with E-state index in [2.05, 4.69) is 37.4 Å². The SMILES string of the molecule is COc1cc2c(cc1OC)C1C=c3cc(OC)c(OC)cc3=C(C)[NH+]1C=C2. The molecule has 0 radical (unpaired) electrons. The molecule has 0 saturated heterocycles. The first-order valence-electron chi connectivity index (χ1n) is 8.87. The maximum absolute atomic E-state index is 5.53. The highest BCUT2D eigenvalue weighted by Crippen LogP contribution is 2.35. The Morgan fingerprint density at radius 3 is 2.04 bits per heavy atom. The monoisotopic (exact) mass is 366 g/mol. The summed E-state index contributed by atoms with van der Waals surface area (Å²) in [4.78, 5) is 1.29. The van der Waals surface area contributed by atoms with Crippen LogP contribution < -0.4 is 34.3 Å². The van der Waals surface area contributed by atoms with Gasteiger partial charge in [0.1, 0.15) is 17.9 Å². The van der Waals surface area contributed by atoms with Crippen molar-refractivity contribution < 1.29 is 23.8 Å². The molecular formula is C22H24NO4+. The molecule has 2 heterocycles. The lowest BCUT2D eigenvalue weighted by Gasteiger charge is -2.31. The first-order valence-corrected chi connectivity index (χ1v) is 8.87. The van der Waals surface area contributed by atoms with E-state index in [1.165, 1.54) is 21.4 Å². The number of methoxy groups -OCH3 is 4. The zero-order chi connectivity index (χ0) is 19.1. The first-order chi connectivity index (χ1) is 13.1. The van der Waals surface area contributed by atoms with Gasteiger partial charge in [-0.05, 0) is 47.2 Å². The molecule has 1 N–H and O–H groups in total. The van der Waals surface area contributed by atoms with E-state index in [1.807, 2.05) is 12.1 Å². The molecule has 5 nitrogen and oxygen atoms in total. The van der Waals surface area contributed by atoms with Crippen LogP contribution in [-0.4, -0.2) is 28.4 Å². The molecule has 2 aliphatic heterocycles. The molecule has 0 aromatic heterocycles. The van der Waals surface area contributed by atoms with Crippen LogP contribution in [0.25, 0.3) is 17.8 Å². The second-order valence-electron chi connectivity index (χ2n) is 6.69. The Balaban J connectivity index is 1.95. The number of nitrogens with one attached hydrogen (secondary N) is 1. The number of ether oxygens (including phenoxy) is 4. The van der Waals surface area contributed by atoms with Crippen molar-refractivity contribution in [3.05, 3.63) is 52.0 Å². The highest BCUT2D eigenvalue weighted by atomic mass is 16.5. The minimum Gasteiger partial charge on any atom is -0.493 e. The molecule has 0 spiro atoms. The van der Waals surface area contributed by atoms with Crippen LogP contribution in [0.3, 0.4) is 0 Å². The number of quaternary nitrogens is 1. The molecule has 2 aliphatic rings. The summed E-state index contributed by atoms with van der Waals surface area (Å²) < 4.78 is 22.0. The van der Waals surface area contributed by atoms with Crippen LogP contribution in [0.15, 0.2) is 30.5 Å². The van der Waals surface area contributed by atoms with E-state index in [1.54, 1.807) is 28.4 Å². The van der Waals surface area contributed by atoms with Crippen molar-refractivity contribution in [3.8, 4) is 23.0 Å². The van der Waals surface area contributed by atoms with Gasteiger partial charge in [0, 0.05) is 17.7 Å². The lowest BCUT2D eigenvalue weighted by molar-refractivity contribution is -0.796. The second kappa shape index (κ2) is 6.67. The van der Waals surface area contributed by atoms with Crippen molar-refractivity contribution in [1.82, 2.24) is 0 Å². The van der Waals surface area contributed by atoms with E-state index in [9.17, 15) is 0 Å². The molecule has 0 aliphatic carbocycles. The Bertz CT molecular complexity index is 1050. The van der Waals surface area contributed by atoms with Crippen LogP contribution in [-0.2, 0) is 0 Å². The summed E-state index contributed by atoms with van der Waals surface area (Å²) >= 11 is 0. The number of hydrogen-bond acceptors (Lipinski definition) is 4. The standard InChI is InChI=1S/C22H23NO4/c1-13-16-11-21(26-4)20(25-3)10-15(16)8-18-17-12-22(27-5)19(24-2)9-14(17)6-7-23(13)18/h6-12,18H,1-5H3/p+1. The predicted molar refractivity (Wildman–Crippen MR) is 105 cm³/mol. The van der Waals surface area contributed by atoms with Gasteiger partial charge in [-0.15, -0.1) is 0 Å². The van der Waals surface area contributed by atoms with E-state index in [-0.39, 0.29) is 6.04 Å². The maximum atomic E-state index is 5.53. The van der Waals surface area contributed by atoms with Crippen molar-refractivity contribution in [2.45, 2.75) is 13.0 Å². The summed E-state index contributed by atoms with van der Waals surface area (Å²) in [7, 11) is 6.66. The van der Waals surface area contributed by atoms with Gasteiger partial charge in [0.05, 0.1) is 28.4 Å². The fraction of sp³-hybridized carbons (Fsp3) is 0.273. The van der Waals surface area contributed by atoms with E-state index in [4.69, 9.17) is 18.9 Å². The molecule has 27 heavy (non-hydrogen) atoms. The summed E-state index contributed by atoms with van der Waals surface area (Å²) in [5.74, 6) is 2.97. The smallest absolute Gasteiger partial charge is 0.161 e.